The first-order chi connectivity index (χ1) is 35.4. The highest BCUT2D eigenvalue weighted by atomic mass is 32.1. The number of rotatable bonds is 3. The monoisotopic (exact) mass is 981 g/mol. The van der Waals surface area contributed by atoms with Gasteiger partial charge in [-0.25, -0.2) is 0 Å². The first-order valence-electron chi connectivity index (χ1n) is 22.9. The number of benzene rings is 10. The molecule has 16 rings (SSSR count). The minimum Gasteiger partial charge on any atom is -0.288 e. The first-order valence-corrected chi connectivity index (χ1v) is 24.6. The number of fused-ring (bicyclic) bond motifs is 4. The molecule has 0 spiro atoms. The molecule has 6 heterocycles. The highest BCUT2D eigenvalue weighted by Gasteiger charge is 2.36. The van der Waals surface area contributed by atoms with Gasteiger partial charge in [-0.05, 0) is 139 Å². The van der Waals surface area contributed by atoms with E-state index < -0.39 is 47.3 Å². The summed E-state index contributed by atoms with van der Waals surface area (Å²) in [4.78, 5) is 112. The molecule has 0 saturated carbocycles. The van der Waals surface area contributed by atoms with Gasteiger partial charge in [-0.15, -0.1) is 22.7 Å². The van der Waals surface area contributed by atoms with Gasteiger partial charge >= 0.3 is 0 Å². The van der Waals surface area contributed by atoms with Crippen molar-refractivity contribution in [2.24, 2.45) is 0 Å². The lowest BCUT2D eigenvalue weighted by molar-refractivity contribution is 0.0828. The van der Waals surface area contributed by atoms with Gasteiger partial charge in [0.25, 0.3) is 47.3 Å². The molecule has 2 aromatic heterocycles. The first kappa shape index (κ1) is 40.0. The van der Waals surface area contributed by atoms with Gasteiger partial charge in [-0.2, -0.15) is 5.26 Å². The number of imide groups is 4. The van der Waals surface area contributed by atoms with E-state index in [0.717, 1.165) is 63.0 Å². The van der Waals surface area contributed by atoms with Gasteiger partial charge in [0.15, 0.2) is 0 Å². The van der Waals surface area contributed by atoms with Crippen molar-refractivity contribution in [1.82, 2.24) is 21.3 Å². The van der Waals surface area contributed by atoms with Crippen LogP contribution < -0.4 is 21.3 Å². The lowest BCUT2D eigenvalue weighted by Gasteiger charge is -2.26. The second kappa shape index (κ2) is 13.2. The Morgan fingerprint density at radius 1 is 0.315 bits per heavy atom. The lowest BCUT2D eigenvalue weighted by Crippen LogP contribution is -2.35. The summed E-state index contributed by atoms with van der Waals surface area (Å²) in [5, 5.41) is 30.6. The molecular weight excluding hydrogens is 959 g/mol. The second-order valence-corrected chi connectivity index (χ2v) is 21.0. The van der Waals surface area contributed by atoms with Crippen LogP contribution in [0.3, 0.4) is 0 Å². The number of nitriles is 1. The normalized spacial score (nSPS) is 15.0. The third kappa shape index (κ3) is 4.74. The molecule has 73 heavy (non-hydrogen) atoms. The zero-order valence-corrected chi connectivity index (χ0v) is 38.9. The molecular formula is C58H23N5O8S2. The SMILES string of the molecule is Cc1cc2c3c(ccc4c5c(-c6ccc(-c7ccc(-c8cc9c%10c(ccc%11c%12c(C#N)cc%13c%14c(ccc(c8c%10%11)c%14%12)C(=O)NC%13=O)C(=O)NC9=O)s7)s6)cc6c7c(ccc(c1c34)c75)C(=O)NC6=O)C(=O)NC2=O. The van der Waals surface area contributed by atoms with Crippen LogP contribution in [0.2, 0.25) is 0 Å². The van der Waals surface area contributed by atoms with E-state index in [2.05, 4.69) is 27.3 Å². The van der Waals surface area contributed by atoms with E-state index >= 15 is 0 Å². The number of hydrogen-bond donors (Lipinski definition) is 4. The van der Waals surface area contributed by atoms with Gasteiger partial charge < -0.3 is 0 Å². The summed E-state index contributed by atoms with van der Waals surface area (Å²) < 4.78 is 0. The van der Waals surface area contributed by atoms with E-state index in [9.17, 15) is 43.6 Å². The van der Waals surface area contributed by atoms with Crippen LogP contribution in [0, 0.1) is 18.3 Å². The predicted molar refractivity (Wildman–Crippen MR) is 278 cm³/mol. The van der Waals surface area contributed by atoms with Crippen molar-refractivity contribution in [2.45, 2.75) is 6.92 Å². The Hall–Kier alpha value is -9.75. The van der Waals surface area contributed by atoms with Gasteiger partial charge in [-0.3, -0.25) is 59.6 Å². The van der Waals surface area contributed by atoms with Gasteiger partial charge in [0.2, 0.25) is 0 Å². The van der Waals surface area contributed by atoms with Crippen LogP contribution in [0.15, 0.2) is 97.1 Å². The van der Waals surface area contributed by atoms with Crippen LogP contribution in [-0.4, -0.2) is 47.3 Å². The fourth-order valence-electron chi connectivity index (χ4n) is 12.5. The minimum atomic E-state index is -0.615. The van der Waals surface area contributed by atoms with Crippen molar-refractivity contribution >= 4 is 156 Å². The summed E-state index contributed by atoms with van der Waals surface area (Å²) in [6.45, 7) is 1.91. The van der Waals surface area contributed by atoms with E-state index in [-0.39, 0.29) is 22.3 Å². The molecule has 0 bridgehead atoms. The van der Waals surface area contributed by atoms with E-state index in [1.165, 1.54) is 28.7 Å². The van der Waals surface area contributed by atoms with Gasteiger partial charge in [0.1, 0.15) is 0 Å². The Balaban J connectivity index is 0.950. The number of nitrogens with one attached hydrogen (secondary N) is 4. The Morgan fingerprint density at radius 3 is 1.04 bits per heavy atom. The molecule has 15 heteroatoms. The number of aryl methyl sites for hydroxylation is 1. The van der Waals surface area contributed by atoms with E-state index in [0.29, 0.717) is 87.2 Å². The van der Waals surface area contributed by atoms with Crippen LogP contribution in [0.4, 0.5) is 0 Å². The highest BCUT2D eigenvalue weighted by Crippen LogP contribution is 2.54. The lowest BCUT2D eigenvalue weighted by atomic mass is 9.79. The summed E-state index contributed by atoms with van der Waals surface area (Å²) in [7, 11) is 0. The smallest absolute Gasteiger partial charge is 0.258 e. The molecule has 0 fully saturated rings. The summed E-state index contributed by atoms with van der Waals surface area (Å²) in [6.07, 6.45) is 0. The summed E-state index contributed by atoms with van der Waals surface area (Å²) in [5.41, 5.74) is 4.92. The molecule has 0 saturated heterocycles. The topological polar surface area (TPSA) is 208 Å². The molecule has 340 valence electrons. The van der Waals surface area contributed by atoms with Gasteiger partial charge in [-0.1, -0.05) is 24.3 Å². The number of hydrogen-bond acceptors (Lipinski definition) is 11. The van der Waals surface area contributed by atoms with Crippen molar-refractivity contribution < 1.29 is 38.4 Å². The molecule has 4 aliphatic heterocycles. The molecule has 12 aromatic rings. The van der Waals surface area contributed by atoms with Crippen LogP contribution in [0.5, 0.6) is 0 Å². The second-order valence-electron chi connectivity index (χ2n) is 18.9. The van der Waals surface area contributed by atoms with Gasteiger partial charge in [0, 0.05) is 107 Å². The molecule has 8 amide bonds. The molecule has 4 aliphatic rings. The molecule has 10 aromatic carbocycles. The van der Waals surface area contributed by atoms with Crippen molar-refractivity contribution in [3.8, 4) is 36.7 Å². The average Bonchev–Trinajstić information content (AvgIpc) is 4.08. The Morgan fingerprint density at radius 2 is 0.630 bits per heavy atom. The summed E-state index contributed by atoms with van der Waals surface area (Å²) in [5.74, 6) is -4.29. The molecule has 0 aliphatic carbocycles. The predicted octanol–water partition coefficient (Wildman–Crippen LogP) is 10.6. The Kier molecular flexibility index (Phi) is 7.21. The number of thiophene rings is 2. The number of amides is 8. The summed E-state index contributed by atoms with van der Waals surface area (Å²) in [6, 6.07) is 31.2. The fourth-order valence-corrected chi connectivity index (χ4v) is 14.7. The molecule has 0 unspecified atom stereocenters. The highest BCUT2D eigenvalue weighted by molar-refractivity contribution is 7.25. The summed E-state index contributed by atoms with van der Waals surface area (Å²) >= 11 is 2.97. The van der Waals surface area contributed by atoms with Crippen LogP contribution in [0.1, 0.15) is 94.0 Å². The van der Waals surface area contributed by atoms with Crippen molar-refractivity contribution in [1.29, 1.82) is 5.26 Å². The zero-order chi connectivity index (χ0) is 49.4. The maximum absolute atomic E-state index is 13.9. The maximum Gasteiger partial charge on any atom is 0.258 e. The number of carbonyl (C=O) groups excluding carboxylic acids is 8. The maximum atomic E-state index is 13.9. The quantitative estimate of drug-likeness (QED) is 0.0753. The Bertz CT molecular complexity index is 4990. The molecule has 4 N–H and O–H groups in total. The average molecular weight is 982 g/mol. The standard InChI is InChI=1S/C58H23N5O8S2/c1-19-14-31-43-25(51(64)60-55(31)68)8-4-23-41-29(16-33-45-27(53(66)62-57(33)70)6-2-21(49(41)45)39(19)47(23)43)35-10-12-37(72-35)38-13-11-36(73-38)30-17-34-46-28(54(67)63-58(34)71)7-3-22-40-20(18-59)15-32-44-26(52(65)61-56(32)69)9-5-24(48(40)44)42(30)50(22)46/h2-17H,1H3,(H,60,64,68)(H,61,65,69)(H,62,66,70)(H,63,67,71). The Labute approximate surface area is 415 Å². The minimum absolute atomic E-state index is 0.196. The third-order valence-electron chi connectivity index (χ3n) is 15.4. The van der Waals surface area contributed by atoms with Crippen LogP contribution in [-0.2, 0) is 0 Å². The van der Waals surface area contributed by atoms with E-state index in [1.807, 2.05) is 49.4 Å². The fraction of sp³-hybridized carbons (Fsp3) is 0.0172. The number of nitrogens with zero attached hydrogens (tertiary/aromatic N) is 1. The van der Waals surface area contributed by atoms with E-state index in [1.54, 1.807) is 48.5 Å². The van der Waals surface area contributed by atoms with E-state index in [4.69, 9.17) is 0 Å². The molecule has 13 nitrogen and oxygen atoms in total. The van der Waals surface area contributed by atoms with Crippen molar-refractivity contribution in [2.75, 3.05) is 0 Å². The molecule has 0 atom stereocenters. The third-order valence-corrected chi connectivity index (χ3v) is 17.8. The van der Waals surface area contributed by atoms with Crippen LogP contribution in [0.25, 0.3) is 117 Å². The largest absolute Gasteiger partial charge is 0.288 e. The van der Waals surface area contributed by atoms with Crippen molar-refractivity contribution in [3.63, 3.8) is 0 Å². The van der Waals surface area contributed by atoms with Gasteiger partial charge in [0.05, 0.1) is 11.6 Å². The van der Waals surface area contributed by atoms with Crippen molar-refractivity contribution in [3.05, 3.63) is 153 Å². The molecule has 0 radical (unpaired) electrons. The number of carbonyl (C=O) groups is 8. The zero-order valence-electron chi connectivity index (χ0n) is 37.3. The van der Waals surface area contributed by atoms with Crippen LogP contribution >= 0.6 is 22.7 Å².